The predicted octanol–water partition coefficient (Wildman–Crippen LogP) is 4.06. The number of nitrogens with zero attached hydrogens (tertiary/aromatic N) is 1. The molecule has 0 aliphatic carbocycles. The van der Waals surface area contributed by atoms with Crippen molar-refractivity contribution in [3.63, 3.8) is 0 Å². The smallest absolute Gasteiger partial charge is 0.0992 e. The van der Waals surface area contributed by atoms with E-state index in [2.05, 4.69) is 29.4 Å². The molecule has 2 nitrogen and oxygen atoms in total. The molecule has 0 saturated carbocycles. The van der Waals surface area contributed by atoms with Crippen LogP contribution in [0.4, 0.5) is 0 Å². The third kappa shape index (κ3) is 3.96. The number of rotatable bonds is 5. The minimum absolute atomic E-state index is 0.819. The molecule has 0 amide bonds. The second kappa shape index (κ2) is 6.94. The lowest BCUT2D eigenvalue weighted by Gasteiger charge is -2.08. The lowest BCUT2D eigenvalue weighted by molar-refractivity contribution is 0.806. The van der Waals surface area contributed by atoms with Crippen LogP contribution in [0.1, 0.15) is 16.7 Å². The number of thioether (sulfide) groups is 1. The number of halogens is 1. The van der Waals surface area contributed by atoms with E-state index in [0.29, 0.717) is 0 Å². The lowest BCUT2D eigenvalue weighted by Crippen LogP contribution is -2.05. The number of hydrogen-bond donors (Lipinski definition) is 1. The van der Waals surface area contributed by atoms with Crippen LogP contribution in [0.25, 0.3) is 0 Å². The zero-order chi connectivity index (χ0) is 13.7. The fourth-order valence-electron chi connectivity index (χ4n) is 1.83. The molecule has 1 aromatic heterocycles. The van der Waals surface area contributed by atoms with Gasteiger partial charge in [-0.05, 0) is 36.7 Å². The third-order valence-corrected chi connectivity index (χ3v) is 4.31. The number of benzene rings is 1. The number of nitrogens with one attached hydrogen (secondary N) is 1. The van der Waals surface area contributed by atoms with Crippen molar-refractivity contribution in [3.05, 3.63) is 58.2 Å². The van der Waals surface area contributed by atoms with Crippen molar-refractivity contribution in [3.8, 4) is 0 Å². The molecule has 0 fully saturated rings. The molecular formula is C15H17ClN2S. The van der Waals surface area contributed by atoms with Gasteiger partial charge >= 0.3 is 0 Å². The van der Waals surface area contributed by atoms with Crippen molar-refractivity contribution < 1.29 is 0 Å². The molecular weight excluding hydrogens is 276 g/mol. The van der Waals surface area contributed by atoms with E-state index in [-0.39, 0.29) is 0 Å². The Morgan fingerprint density at radius 2 is 2.11 bits per heavy atom. The molecule has 0 atom stereocenters. The minimum atomic E-state index is 0.819. The average molecular weight is 293 g/mol. The largest absolute Gasteiger partial charge is 0.316 e. The van der Waals surface area contributed by atoms with E-state index in [1.807, 2.05) is 31.4 Å². The zero-order valence-corrected chi connectivity index (χ0v) is 12.7. The maximum atomic E-state index is 6.15. The molecule has 0 aliphatic rings. The molecule has 0 bridgehead atoms. The average Bonchev–Trinajstić information content (AvgIpc) is 2.40. The normalized spacial score (nSPS) is 10.7. The van der Waals surface area contributed by atoms with E-state index in [4.69, 9.17) is 11.6 Å². The lowest BCUT2D eigenvalue weighted by atomic mass is 10.2. The molecule has 0 aliphatic heterocycles. The van der Waals surface area contributed by atoms with E-state index in [1.165, 1.54) is 11.1 Å². The number of aryl methyl sites for hydroxylation is 1. The molecule has 100 valence electrons. The minimum Gasteiger partial charge on any atom is -0.316 e. The quantitative estimate of drug-likeness (QED) is 0.842. The fourth-order valence-corrected chi connectivity index (χ4v) is 3.07. The Kier molecular flexibility index (Phi) is 5.25. The zero-order valence-electron chi connectivity index (χ0n) is 11.1. The second-order valence-corrected chi connectivity index (χ2v) is 5.75. The molecule has 19 heavy (non-hydrogen) atoms. The first-order chi connectivity index (χ1) is 9.20. The summed E-state index contributed by atoms with van der Waals surface area (Å²) < 4.78 is 0. The predicted molar refractivity (Wildman–Crippen MR) is 82.8 cm³/mol. The van der Waals surface area contributed by atoms with Crippen molar-refractivity contribution in [1.29, 1.82) is 0 Å². The molecule has 0 spiro atoms. The van der Waals surface area contributed by atoms with Crippen LogP contribution in [-0.4, -0.2) is 12.0 Å². The van der Waals surface area contributed by atoms with Gasteiger partial charge in [-0.3, -0.25) is 0 Å². The summed E-state index contributed by atoms with van der Waals surface area (Å²) in [6.45, 7) is 2.95. The first kappa shape index (κ1) is 14.4. The standard InChI is InChI=1S/C15H17ClN2S/c1-11-7-12(8-17-2)9-18-15(11)19-10-13-5-3-4-6-14(13)16/h3-7,9,17H,8,10H2,1-2H3. The van der Waals surface area contributed by atoms with Crippen LogP contribution in [-0.2, 0) is 12.3 Å². The summed E-state index contributed by atoms with van der Waals surface area (Å²) in [6.07, 6.45) is 1.93. The summed E-state index contributed by atoms with van der Waals surface area (Å²) in [4.78, 5) is 4.52. The van der Waals surface area contributed by atoms with E-state index in [9.17, 15) is 0 Å². The molecule has 1 heterocycles. The summed E-state index contributed by atoms with van der Waals surface area (Å²) >= 11 is 7.88. The Morgan fingerprint density at radius 3 is 2.79 bits per heavy atom. The summed E-state index contributed by atoms with van der Waals surface area (Å²) in [6, 6.07) is 10.1. The van der Waals surface area contributed by atoms with Gasteiger partial charge in [-0.15, -0.1) is 11.8 Å². The van der Waals surface area contributed by atoms with Crippen LogP contribution < -0.4 is 5.32 Å². The van der Waals surface area contributed by atoms with Crippen LogP contribution in [0.5, 0.6) is 0 Å². The molecule has 4 heteroatoms. The summed E-state index contributed by atoms with van der Waals surface area (Å²) in [5.74, 6) is 0.846. The molecule has 0 radical (unpaired) electrons. The van der Waals surface area contributed by atoms with Gasteiger partial charge < -0.3 is 5.32 Å². The first-order valence-electron chi connectivity index (χ1n) is 6.17. The topological polar surface area (TPSA) is 24.9 Å². The van der Waals surface area contributed by atoms with Gasteiger partial charge in [0.2, 0.25) is 0 Å². The van der Waals surface area contributed by atoms with E-state index < -0.39 is 0 Å². The highest BCUT2D eigenvalue weighted by Gasteiger charge is 2.05. The van der Waals surface area contributed by atoms with Crippen molar-refractivity contribution in [1.82, 2.24) is 10.3 Å². The molecule has 1 N–H and O–H groups in total. The van der Waals surface area contributed by atoms with Gasteiger partial charge in [-0.2, -0.15) is 0 Å². The summed E-state index contributed by atoms with van der Waals surface area (Å²) in [7, 11) is 1.94. The van der Waals surface area contributed by atoms with Gasteiger partial charge in [-0.25, -0.2) is 4.98 Å². The van der Waals surface area contributed by atoms with Crippen LogP contribution in [0, 0.1) is 6.92 Å². The Labute approximate surface area is 123 Å². The van der Waals surface area contributed by atoms with Gasteiger partial charge in [-0.1, -0.05) is 35.9 Å². The van der Waals surface area contributed by atoms with E-state index in [0.717, 1.165) is 27.9 Å². The maximum absolute atomic E-state index is 6.15. The van der Waals surface area contributed by atoms with Gasteiger partial charge in [0.05, 0.1) is 5.03 Å². The van der Waals surface area contributed by atoms with Crippen molar-refractivity contribution in [2.75, 3.05) is 7.05 Å². The Morgan fingerprint density at radius 1 is 1.32 bits per heavy atom. The first-order valence-corrected chi connectivity index (χ1v) is 7.53. The number of pyridine rings is 1. The maximum Gasteiger partial charge on any atom is 0.0992 e. The highest BCUT2D eigenvalue weighted by atomic mass is 35.5. The molecule has 2 rings (SSSR count). The van der Waals surface area contributed by atoms with Gasteiger partial charge in [0.15, 0.2) is 0 Å². The fraction of sp³-hybridized carbons (Fsp3) is 0.267. The molecule has 0 saturated heterocycles. The monoisotopic (exact) mass is 292 g/mol. The van der Waals surface area contributed by atoms with Crippen LogP contribution in [0.15, 0.2) is 41.6 Å². The van der Waals surface area contributed by atoms with Gasteiger partial charge in [0, 0.05) is 23.5 Å². The molecule has 2 aromatic rings. The Balaban J connectivity index is 2.06. The summed E-state index contributed by atoms with van der Waals surface area (Å²) in [5.41, 5.74) is 3.57. The van der Waals surface area contributed by atoms with Crippen LogP contribution >= 0.6 is 23.4 Å². The van der Waals surface area contributed by atoms with Gasteiger partial charge in [0.25, 0.3) is 0 Å². The highest BCUT2D eigenvalue weighted by Crippen LogP contribution is 2.27. The molecule has 0 unspecified atom stereocenters. The summed E-state index contributed by atoms with van der Waals surface area (Å²) in [5, 5.41) is 5.02. The van der Waals surface area contributed by atoms with Gasteiger partial charge in [0.1, 0.15) is 0 Å². The SMILES string of the molecule is CNCc1cnc(SCc2ccccc2Cl)c(C)c1. The molecule has 1 aromatic carbocycles. The van der Waals surface area contributed by atoms with E-state index in [1.54, 1.807) is 11.8 Å². The van der Waals surface area contributed by atoms with Crippen molar-refractivity contribution >= 4 is 23.4 Å². The number of hydrogen-bond acceptors (Lipinski definition) is 3. The Bertz CT molecular complexity index is 558. The third-order valence-electron chi connectivity index (χ3n) is 2.79. The van der Waals surface area contributed by atoms with E-state index >= 15 is 0 Å². The van der Waals surface area contributed by atoms with Crippen molar-refractivity contribution in [2.45, 2.75) is 24.2 Å². The second-order valence-electron chi connectivity index (χ2n) is 4.38. The Hall–Kier alpha value is -1.03. The van der Waals surface area contributed by atoms with Crippen LogP contribution in [0.3, 0.4) is 0 Å². The van der Waals surface area contributed by atoms with Crippen molar-refractivity contribution in [2.24, 2.45) is 0 Å². The highest BCUT2D eigenvalue weighted by molar-refractivity contribution is 7.98. The number of aromatic nitrogens is 1. The van der Waals surface area contributed by atoms with Crippen LogP contribution in [0.2, 0.25) is 5.02 Å².